The van der Waals surface area contributed by atoms with Crippen LogP contribution in [0.3, 0.4) is 0 Å². The van der Waals surface area contributed by atoms with Gasteiger partial charge in [0.15, 0.2) is 6.61 Å². The fraction of sp³-hybridized carbons (Fsp3) is 0.263. The lowest BCUT2D eigenvalue weighted by Gasteiger charge is -2.20. The van der Waals surface area contributed by atoms with Crippen LogP contribution in [0.1, 0.15) is 19.4 Å². The number of ether oxygens (including phenoxy) is 1. The molecule has 0 aromatic heterocycles. The zero-order valence-corrected chi connectivity index (χ0v) is 16.0. The second-order valence-corrected chi connectivity index (χ2v) is 6.22. The highest BCUT2D eigenvalue weighted by Gasteiger charge is 2.02. The highest BCUT2D eigenvalue weighted by Crippen LogP contribution is 2.16. The molecular formula is C19H22BrN3O2. The molecule has 6 heteroatoms. The Morgan fingerprint density at radius 2 is 1.76 bits per heavy atom. The first-order chi connectivity index (χ1) is 12.1. The number of nitrogens with zero attached hydrogens (tertiary/aromatic N) is 2. The van der Waals surface area contributed by atoms with Gasteiger partial charge in [0, 0.05) is 23.2 Å². The number of benzene rings is 2. The predicted molar refractivity (Wildman–Crippen MR) is 105 cm³/mol. The molecule has 1 amide bonds. The first-order valence-electron chi connectivity index (χ1n) is 8.17. The van der Waals surface area contributed by atoms with Gasteiger partial charge >= 0.3 is 0 Å². The van der Waals surface area contributed by atoms with Crippen molar-refractivity contribution in [2.45, 2.75) is 13.8 Å². The van der Waals surface area contributed by atoms with E-state index in [2.05, 4.69) is 45.2 Å². The molecule has 0 aliphatic carbocycles. The number of rotatable bonds is 8. The molecule has 0 bridgehead atoms. The monoisotopic (exact) mass is 403 g/mol. The van der Waals surface area contributed by atoms with Crippen LogP contribution in [0, 0.1) is 0 Å². The molecule has 2 rings (SSSR count). The third-order valence-electron chi connectivity index (χ3n) is 3.61. The minimum atomic E-state index is -0.307. The number of halogens is 1. The molecule has 0 saturated carbocycles. The molecule has 0 spiro atoms. The maximum Gasteiger partial charge on any atom is 0.277 e. The fourth-order valence-electron chi connectivity index (χ4n) is 2.25. The molecular weight excluding hydrogens is 382 g/mol. The molecule has 2 aromatic rings. The molecule has 0 saturated heterocycles. The van der Waals surface area contributed by atoms with Gasteiger partial charge in [-0.25, -0.2) is 5.43 Å². The number of hydrazone groups is 1. The van der Waals surface area contributed by atoms with Gasteiger partial charge in [0.05, 0.1) is 6.21 Å². The Bertz CT molecular complexity index is 696. The van der Waals surface area contributed by atoms with E-state index in [1.165, 1.54) is 5.69 Å². The normalized spacial score (nSPS) is 10.7. The van der Waals surface area contributed by atoms with Crippen LogP contribution >= 0.6 is 15.9 Å². The van der Waals surface area contributed by atoms with Gasteiger partial charge in [0.2, 0.25) is 0 Å². The van der Waals surface area contributed by atoms with Gasteiger partial charge in [-0.2, -0.15) is 5.10 Å². The molecule has 2 aromatic carbocycles. The van der Waals surface area contributed by atoms with Crippen molar-refractivity contribution in [3.05, 3.63) is 58.6 Å². The molecule has 0 radical (unpaired) electrons. The largest absolute Gasteiger partial charge is 0.484 e. The van der Waals surface area contributed by atoms with Gasteiger partial charge in [-0.05, 0) is 55.8 Å². The summed E-state index contributed by atoms with van der Waals surface area (Å²) in [6.07, 6.45) is 1.61. The minimum Gasteiger partial charge on any atom is -0.484 e. The SMILES string of the molecule is CCN(CC)c1ccc(/C=N\NC(=O)COc2ccc(Br)cc2)cc1. The van der Waals surface area contributed by atoms with Gasteiger partial charge in [0.25, 0.3) is 5.91 Å². The van der Waals surface area contributed by atoms with Crippen LogP contribution < -0.4 is 15.1 Å². The Balaban J connectivity index is 1.79. The van der Waals surface area contributed by atoms with Gasteiger partial charge < -0.3 is 9.64 Å². The standard InChI is InChI=1S/C19H22BrN3O2/c1-3-23(4-2)17-9-5-15(6-10-17)13-21-22-19(24)14-25-18-11-7-16(20)8-12-18/h5-13H,3-4,14H2,1-2H3,(H,22,24)/b21-13-. The maximum atomic E-state index is 11.7. The zero-order valence-electron chi connectivity index (χ0n) is 14.4. The summed E-state index contributed by atoms with van der Waals surface area (Å²) in [5.41, 5.74) is 4.55. The van der Waals surface area contributed by atoms with E-state index in [1.807, 2.05) is 36.4 Å². The molecule has 0 aliphatic rings. The van der Waals surface area contributed by atoms with E-state index < -0.39 is 0 Å². The van der Waals surface area contributed by atoms with Gasteiger partial charge in [-0.3, -0.25) is 4.79 Å². The van der Waals surface area contributed by atoms with Crippen LogP contribution in [0.25, 0.3) is 0 Å². The van der Waals surface area contributed by atoms with E-state index in [0.717, 1.165) is 23.1 Å². The Hall–Kier alpha value is -2.34. The van der Waals surface area contributed by atoms with Crippen molar-refractivity contribution in [2.24, 2.45) is 5.10 Å². The van der Waals surface area contributed by atoms with Crippen molar-refractivity contribution in [3.63, 3.8) is 0 Å². The van der Waals surface area contributed by atoms with Crippen LogP contribution in [-0.4, -0.2) is 31.8 Å². The summed E-state index contributed by atoms with van der Waals surface area (Å²) in [4.78, 5) is 14.0. The lowest BCUT2D eigenvalue weighted by Crippen LogP contribution is -2.24. The highest BCUT2D eigenvalue weighted by atomic mass is 79.9. The average Bonchev–Trinajstić information content (AvgIpc) is 2.63. The molecule has 0 heterocycles. The highest BCUT2D eigenvalue weighted by molar-refractivity contribution is 9.10. The van der Waals surface area contributed by atoms with Gasteiger partial charge in [-0.1, -0.05) is 28.1 Å². The number of hydrogen-bond acceptors (Lipinski definition) is 4. The summed E-state index contributed by atoms with van der Waals surface area (Å²) in [6.45, 7) is 6.12. The first-order valence-corrected chi connectivity index (χ1v) is 8.97. The molecule has 1 N–H and O–H groups in total. The Morgan fingerprint density at radius 1 is 1.12 bits per heavy atom. The molecule has 0 atom stereocenters. The van der Waals surface area contributed by atoms with Crippen molar-refractivity contribution in [2.75, 3.05) is 24.6 Å². The maximum absolute atomic E-state index is 11.7. The van der Waals surface area contributed by atoms with Crippen molar-refractivity contribution in [3.8, 4) is 5.75 Å². The molecule has 132 valence electrons. The summed E-state index contributed by atoms with van der Waals surface area (Å²) in [5, 5.41) is 3.96. The molecule has 0 fully saturated rings. The van der Waals surface area contributed by atoms with E-state index in [0.29, 0.717) is 5.75 Å². The van der Waals surface area contributed by atoms with Crippen LogP contribution in [-0.2, 0) is 4.79 Å². The number of carbonyl (C=O) groups excluding carboxylic acids is 1. The van der Waals surface area contributed by atoms with E-state index in [-0.39, 0.29) is 12.5 Å². The molecule has 0 unspecified atom stereocenters. The van der Waals surface area contributed by atoms with Crippen LogP contribution in [0.4, 0.5) is 5.69 Å². The topological polar surface area (TPSA) is 53.9 Å². The second-order valence-electron chi connectivity index (χ2n) is 5.30. The molecule has 25 heavy (non-hydrogen) atoms. The van der Waals surface area contributed by atoms with Gasteiger partial charge in [-0.15, -0.1) is 0 Å². The number of anilines is 1. The summed E-state index contributed by atoms with van der Waals surface area (Å²) in [5.74, 6) is 0.327. The van der Waals surface area contributed by atoms with Gasteiger partial charge in [0.1, 0.15) is 5.75 Å². The van der Waals surface area contributed by atoms with Crippen molar-refractivity contribution in [1.82, 2.24) is 5.43 Å². The Kier molecular flexibility index (Phi) is 7.47. The van der Waals surface area contributed by atoms with Crippen LogP contribution in [0.15, 0.2) is 58.1 Å². The first kappa shape index (κ1) is 19.0. The second kappa shape index (κ2) is 9.84. The number of amides is 1. The predicted octanol–water partition coefficient (Wildman–Crippen LogP) is 3.82. The molecule has 0 aliphatic heterocycles. The number of nitrogens with one attached hydrogen (secondary N) is 1. The van der Waals surface area contributed by atoms with Crippen molar-refractivity contribution in [1.29, 1.82) is 0 Å². The Labute approximate surface area is 156 Å². The van der Waals surface area contributed by atoms with Crippen LogP contribution in [0.5, 0.6) is 5.75 Å². The third-order valence-corrected chi connectivity index (χ3v) is 4.14. The summed E-state index contributed by atoms with van der Waals surface area (Å²) in [7, 11) is 0. The van der Waals surface area contributed by atoms with E-state index in [4.69, 9.17) is 4.74 Å². The lowest BCUT2D eigenvalue weighted by molar-refractivity contribution is -0.123. The van der Waals surface area contributed by atoms with E-state index >= 15 is 0 Å². The number of carbonyl (C=O) groups is 1. The quantitative estimate of drug-likeness (QED) is 0.538. The zero-order chi connectivity index (χ0) is 18.1. The van der Waals surface area contributed by atoms with Crippen molar-refractivity contribution < 1.29 is 9.53 Å². The number of hydrogen-bond donors (Lipinski definition) is 1. The smallest absolute Gasteiger partial charge is 0.277 e. The third kappa shape index (κ3) is 6.23. The minimum absolute atomic E-state index is 0.0835. The lowest BCUT2D eigenvalue weighted by atomic mass is 10.2. The molecule has 5 nitrogen and oxygen atoms in total. The average molecular weight is 404 g/mol. The summed E-state index contributed by atoms with van der Waals surface area (Å²) < 4.78 is 6.34. The summed E-state index contributed by atoms with van der Waals surface area (Å²) in [6, 6.07) is 15.3. The summed E-state index contributed by atoms with van der Waals surface area (Å²) >= 11 is 3.35. The van der Waals surface area contributed by atoms with E-state index in [1.54, 1.807) is 18.3 Å². The van der Waals surface area contributed by atoms with Crippen molar-refractivity contribution >= 4 is 33.7 Å². The van der Waals surface area contributed by atoms with E-state index in [9.17, 15) is 4.79 Å². The Morgan fingerprint density at radius 3 is 2.36 bits per heavy atom. The fourth-order valence-corrected chi connectivity index (χ4v) is 2.52. The van der Waals surface area contributed by atoms with Crippen LogP contribution in [0.2, 0.25) is 0 Å².